The monoisotopic (exact) mass is 385 g/mol. The zero-order valence-corrected chi connectivity index (χ0v) is 15.5. The summed E-state index contributed by atoms with van der Waals surface area (Å²) in [6.45, 7) is 2.36. The molecule has 0 saturated carbocycles. The Morgan fingerprint density at radius 2 is 1.78 bits per heavy atom. The third-order valence-corrected chi connectivity index (χ3v) is 5.01. The van der Waals surface area contributed by atoms with E-state index in [-0.39, 0.29) is 10.8 Å². The maximum Gasteiger partial charge on any atom is 0.256 e. The molecule has 1 amide bonds. The van der Waals surface area contributed by atoms with Crippen LogP contribution in [0.15, 0.2) is 64.1 Å². The number of hydrogen-bond donors (Lipinski definition) is 2. The van der Waals surface area contributed by atoms with Gasteiger partial charge < -0.3 is 9.84 Å². The van der Waals surface area contributed by atoms with Gasteiger partial charge in [-0.3, -0.25) is 4.79 Å². The molecule has 0 saturated heterocycles. The highest BCUT2D eigenvalue weighted by atomic mass is 32.2. The Kier molecular flexibility index (Phi) is 5.38. The van der Waals surface area contributed by atoms with Gasteiger partial charge in [-0.05, 0) is 31.0 Å². The lowest BCUT2D eigenvalue weighted by molar-refractivity contribution is 0.0954. The number of nitrogens with one attached hydrogen (secondary N) is 1. The molecule has 3 aromatic rings. The summed E-state index contributed by atoms with van der Waals surface area (Å²) >= 11 is 0. The van der Waals surface area contributed by atoms with Crippen molar-refractivity contribution in [3.05, 3.63) is 71.4 Å². The molecule has 1 heterocycles. The van der Waals surface area contributed by atoms with Crippen molar-refractivity contribution in [1.29, 1.82) is 0 Å². The van der Waals surface area contributed by atoms with Crippen molar-refractivity contribution >= 4 is 15.9 Å². The van der Waals surface area contributed by atoms with Gasteiger partial charge in [-0.15, -0.1) is 0 Å². The molecule has 0 aliphatic rings. The highest BCUT2D eigenvalue weighted by molar-refractivity contribution is 7.89. The number of hydrogen-bond acceptors (Lipinski definition) is 5. The van der Waals surface area contributed by atoms with E-state index in [1.807, 2.05) is 31.2 Å². The van der Waals surface area contributed by atoms with Crippen LogP contribution in [0.4, 0.5) is 0 Å². The van der Waals surface area contributed by atoms with Gasteiger partial charge in [0.2, 0.25) is 10.0 Å². The van der Waals surface area contributed by atoms with E-state index in [9.17, 15) is 13.2 Å². The van der Waals surface area contributed by atoms with Crippen molar-refractivity contribution in [2.24, 2.45) is 5.14 Å². The highest BCUT2D eigenvalue weighted by Gasteiger charge is 2.17. The number of nitrogens with two attached hydrogens (primary N) is 1. The van der Waals surface area contributed by atoms with Gasteiger partial charge in [0.25, 0.3) is 5.91 Å². The van der Waals surface area contributed by atoms with Crippen molar-refractivity contribution in [2.45, 2.75) is 18.2 Å². The second-order valence-corrected chi connectivity index (χ2v) is 7.69. The summed E-state index contributed by atoms with van der Waals surface area (Å²) in [6.07, 6.45) is 1.94. The SMILES string of the molecule is Cc1ccc(-c2oncc2C(=O)NCCc2ccc(S(N)(=O)=O)cc2)cc1. The van der Waals surface area contributed by atoms with Crippen molar-refractivity contribution in [3.63, 3.8) is 0 Å². The molecule has 0 bridgehead atoms. The van der Waals surface area contributed by atoms with Gasteiger partial charge in [0.05, 0.1) is 11.1 Å². The molecular weight excluding hydrogens is 366 g/mol. The Bertz CT molecular complexity index is 1040. The fourth-order valence-electron chi connectivity index (χ4n) is 2.58. The van der Waals surface area contributed by atoms with Crippen molar-refractivity contribution in [2.75, 3.05) is 6.54 Å². The predicted molar refractivity (Wildman–Crippen MR) is 101 cm³/mol. The summed E-state index contributed by atoms with van der Waals surface area (Å²) in [5.74, 6) is 0.137. The predicted octanol–water partition coefficient (Wildman–Crippen LogP) is 2.27. The van der Waals surface area contributed by atoms with Crippen LogP contribution in [0.2, 0.25) is 0 Å². The lowest BCUT2D eigenvalue weighted by atomic mass is 10.1. The molecule has 0 atom stereocenters. The minimum absolute atomic E-state index is 0.0579. The minimum atomic E-state index is -3.70. The molecule has 0 fully saturated rings. The Morgan fingerprint density at radius 1 is 1.11 bits per heavy atom. The highest BCUT2D eigenvalue weighted by Crippen LogP contribution is 2.23. The molecule has 0 radical (unpaired) electrons. The quantitative estimate of drug-likeness (QED) is 0.675. The Hall–Kier alpha value is -2.97. The summed E-state index contributed by atoms with van der Waals surface area (Å²) in [4.78, 5) is 12.5. The van der Waals surface area contributed by atoms with E-state index in [2.05, 4.69) is 10.5 Å². The molecule has 8 heteroatoms. The molecule has 27 heavy (non-hydrogen) atoms. The average Bonchev–Trinajstić information content (AvgIpc) is 3.12. The molecule has 0 aliphatic carbocycles. The van der Waals surface area contributed by atoms with Crippen LogP contribution < -0.4 is 10.5 Å². The lowest BCUT2D eigenvalue weighted by Gasteiger charge is -2.06. The van der Waals surface area contributed by atoms with Crippen LogP contribution in [0.1, 0.15) is 21.5 Å². The van der Waals surface area contributed by atoms with Crippen LogP contribution in [-0.2, 0) is 16.4 Å². The number of amides is 1. The number of carbonyl (C=O) groups excluding carboxylic acids is 1. The van der Waals surface area contributed by atoms with Crippen LogP contribution in [0, 0.1) is 6.92 Å². The minimum Gasteiger partial charge on any atom is -0.355 e. The molecule has 0 unspecified atom stereocenters. The maximum absolute atomic E-state index is 12.4. The van der Waals surface area contributed by atoms with E-state index < -0.39 is 10.0 Å². The summed E-state index contributed by atoms with van der Waals surface area (Å²) < 4.78 is 27.7. The molecule has 0 aliphatic heterocycles. The van der Waals surface area contributed by atoms with E-state index in [0.29, 0.717) is 24.3 Å². The van der Waals surface area contributed by atoms with Crippen molar-refractivity contribution in [3.8, 4) is 11.3 Å². The van der Waals surface area contributed by atoms with E-state index in [1.54, 1.807) is 12.1 Å². The zero-order chi connectivity index (χ0) is 19.4. The topological polar surface area (TPSA) is 115 Å². The summed E-state index contributed by atoms with van der Waals surface area (Å²) in [5, 5.41) is 11.6. The molecule has 140 valence electrons. The van der Waals surface area contributed by atoms with E-state index in [4.69, 9.17) is 9.66 Å². The van der Waals surface area contributed by atoms with E-state index in [0.717, 1.165) is 16.7 Å². The van der Waals surface area contributed by atoms with Crippen LogP contribution in [0.3, 0.4) is 0 Å². The van der Waals surface area contributed by atoms with Gasteiger partial charge in [-0.25, -0.2) is 13.6 Å². The third kappa shape index (κ3) is 4.60. The van der Waals surface area contributed by atoms with Gasteiger partial charge in [-0.1, -0.05) is 47.1 Å². The maximum atomic E-state index is 12.4. The molecule has 0 spiro atoms. The first-order valence-corrected chi connectivity index (χ1v) is 9.81. The number of primary sulfonamides is 1. The summed E-state index contributed by atoms with van der Waals surface area (Å²) in [6, 6.07) is 13.9. The molecule has 3 rings (SSSR count). The van der Waals surface area contributed by atoms with Crippen LogP contribution in [0.5, 0.6) is 0 Å². The molecule has 2 aromatic carbocycles. The Balaban J connectivity index is 1.62. The fourth-order valence-corrected chi connectivity index (χ4v) is 3.09. The van der Waals surface area contributed by atoms with Gasteiger partial charge >= 0.3 is 0 Å². The fraction of sp³-hybridized carbons (Fsp3) is 0.158. The van der Waals surface area contributed by atoms with Crippen LogP contribution >= 0.6 is 0 Å². The smallest absolute Gasteiger partial charge is 0.256 e. The second-order valence-electron chi connectivity index (χ2n) is 6.13. The first kappa shape index (κ1) is 18.8. The number of aryl methyl sites for hydroxylation is 1. The Labute approximate surface area is 157 Å². The number of rotatable bonds is 6. The number of sulfonamides is 1. The van der Waals surface area contributed by atoms with Gasteiger partial charge in [-0.2, -0.15) is 0 Å². The first-order valence-electron chi connectivity index (χ1n) is 8.26. The molecule has 1 aromatic heterocycles. The summed E-state index contributed by atoms with van der Waals surface area (Å²) in [7, 11) is -3.70. The number of benzene rings is 2. The standard InChI is InChI=1S/C19H19N3O4S/c1-13-2-6-15(7-3-13)18-17(12-22-26-18)19(23)21-11-10-14-4-8-16(9-5-14)27(20,24)25/h2-9,12H,10-11H2,1H3,(H,21,23)(H2,20,24,25). The zero-order valence-electron chi connectivity index (χ0n) is 14.7. The van der Waals surface area contributed by atoms with Crippen molar-refractivity contribution < 1.29 is 17.7 Å². The van der Waals surface area contributed by atoms with Gasteiger partial charge in [0, 0.05) is 12.1 Å². The summed E-state index contributed by atoms with van der Waals surface area (Å²) in [5.41, 5.74) is 3.13. The number of nitrogens with zero attached hydrogens (tertiary/aromatic N) is 1. The first-order chi connectivity index (χ1) is 12.8. The largest absolute Gasteiger partial charge is 0.355 e. The van der Waals surface area contributed by atoms with Crippen LogP contribution in [-0.4, -0.2) is 26.0 Å². The van der Waals surface area contributed by atoms with Gasteiger partial charge in [0.15, 0.2) is 5.76 Å². The molecule has 7 nitrogen and oxygen atoms in total. The lowest BCUT2D eigenvalue weighted by Crippen LogP contribution is -2.25. The van der Waals surface area contributed by atoms with Gasteiger partial charge in [0.1, 0.15) is 5.56 Å². The number of aromatic nitrogens is 1. The van der Waals surface area contributed by atoms with E-state index in [1.165, 1.54) is 18.3 Å². The third-order valence-electron chi connectivity index (χ3n) is 4.08. The number of carbonyl (C=O) groups is 1. The molecule has 3 N–H and O–H groups in total. The Morgan fingerprint density at radius 3 is 2.41 bits per heavy atom. The second kappa shape index (κ2) is 7.73. The normalized spacial score (nSPS) is 11.3. The van der Waals surface area contributed by atoms with E-state index >= 15 is 0 Å². The molecular formula is C19H19N3O4S. The average molecular weight is 385 g/mol. The van der Waals surface area contributed by atoms with Crippen molar-refractivity contribution in [1.82, 2.24) is 10.5 Å². The van der Waals surface area contributed by atoms with Crippen LogP contribution in [0.25, 0.3) is 11.3 Å².